The molecule has 5 aromatic rings. The number of aliphatic hydroxyl groups is 1. The van der Waals surface area contributed by atoms with E-state index in [1.54, 1.807) is 0 Å². The van der Waals surface area contributed by atoms with E-state index >= 15 is 0 Å². The topological polar surface area (TPSA) is 87.5 Å². The molecule has 2 N–H and O–H groups in total. The maximum atomic E-state index is 12.9. The molecule has 0 bridgehead atoms. The number of carbonyl (C=O) groups is 2. The van der Waals surface area contributed by atoms with E-state index in [1.807, 2.05) is 91.3 Å². The summed E-state index contributed by atoms with van der Waals surface area (Å²) in [6, 6.07) is 23.1. The molecule has 7 nitrogen and oxygen atoms in total. The molecule has 1 amide bonds. The van der Waals surface area contributed by atoms with Crippen LogP contribution < -0.4 is 10.2 Å². The molecular formula is C32H30N4O3S. The fourth-order valence-electron chi connectivity index (χ4n) is 5.13. The Morgan fingerprint density at radius 1 is 0.950 bits per heavy atom. The number of benzene rings is 3. The minimum atomic E-state index is -0.212. The third-order valence-corrected chi connectivity index (χ3v) is 8.32. The lowest BCUT2D eigenvalue weighted by molar-refractivity contribution is 0.0990. The summed E-state index contributed by atoms with van der Waals surface area (Å²) in [4.78, 5) is 32.2. The van der Waals surface area contributed by atoms with Crippen molar-refractivity contribution in [3.63, 3.8) is 0 Å². The van der Waals surface area contributed by atoms with Crippen molar-refractivity contribution >= 4 is 45.3 Å². The first-order chi connectivity index (χ1) is 19.4. The minimum Gasteiger partial charge on any atom is -0.393 e. The molecular weight excluding hydrogens is 520 g/mol. The molecule has 3 heterocycles. The fraction of sp³-hybridized carbons (Fsp3) is 0.219. The number of aromatic nitrogens is 2. The Balaban J connectivity index is 1.12. The van der Waals surface area contributed by atoms with Gasteiger partial charge in [0.05, 0.1) is 18.0 Å². The highest BCUT2D eigenvalue weighted by Gasteiger charge is 2.18. The first-order valence-electron chi connectivity index (χ1n) is 13.4. The lowest BCUT2D eigenvalue weighted by Gasteiger charge is -2.31. The zero-order valence-corrected chi connectivity index (χ0v) is 23.0. The maximum Gasteiger partial charge on any atom is 0.255 e. The number of rotatable bonds is 7. The van der Waals surface area contributed by atoms with Crippen LogP contribution in [0.15, 0.2) is 84.4 Å². The van der Waals surface area contributed by atoms with Gasteiger partial charge in [0.1, 0.15) is 5.01 Å². The molecule has 1 fully saturated rings. The third-order valence-electron chi connectivity index (χ3n) is 7.35. The molecule has 2 aromatic heterocycles. The molecule has 0 unspecified atom stereocenters. The predicted molar refractivity (Wildman–Crippen MR) is 160 cm³/mol. The van der Waals surface area contributed by atoms with Gasteiger partial charge in [0.25, 0.3) is 5.91 Å². The normalized spacial score (nSPS) is 14.0. The molecule has 40 heavy (non-hydrogen) atoms. The quantitative estimate of drug-likeness (QED) is 0.242. The molecule has 3 aromatic carbocycles. The number of ketones is 1. The number of amides is 1. The van der Waals surface area contributed by atoms with Gasteiger partial charge in [-0.2, -0.15) is 0 Å². The summed E-state index contributed by atoms with van der Waals surface area (Å²) in [7, 11) is 0. The van der Waals surface area contributed by atoms with E-state index in [0.29, 0.717) is 17.5 Å². The number of Topliss-reactive ketones (excluding diaryl/α,β-unsaturated/α-hetero) is 1. The maximum absolute atomic E-state index is 12.9. The van der Waals surface area contributed by atoms with E-state index in [9.17, 15) is 14.7 Å². The summed E-state index contributed by atoms with van der Waals surface area (Å²) in [5, 5.41) is 16.5. The summed E-state index contributed by atoms with van der Waals surface area (Å²) in [6.45, 7) is 3.57. The van der Waals surface area contributed by atoms with Crippen molar-refractivity contribution in [1.29, 1.82) is 0 Å². The molecule has 0 radical (unpaired) electrons. The van der Waals surface area contributed by atoms with Crippen molar-refractivity contribution in [2.24, 2.45) is 0 Å². The molecule has 6 rings (SSSR count). The van der Waals surface area contributed by atoms with Crippen molar-refractivity contribution in [2.75, 3.05) is 23.3 Å². The van der Waals surface area contributed by atoms with Crippen LogP contribution >= 0.6 is 11.3 Å². The number of piperidine rings is 1. The van der Waals surface area contributed by atoms with Crippen molar-refractivity contribution < 1.29 is 14.7 Å². The average molecular weight is 551 g/mol. The molecule has 0 atom stereocenters. The van der Waals surface area contributed by atoms with Gasteiger partial charge in [0.2, 0.25) is 0 Å². The SMILES string of the molecule is Cc1csc(CC(=O)c2ccc(-n3ccc4cc(NC(=O)c5ccc(N6CCC(O)CC6)cc5)ccc43)cc2)n1. The van der Waals surface area contributed by atoms with Gasteiger partial charge in [0.15, 0.2) is 5.78 Å². The Kier molecular flexibility index (Phi) is 7.19. The van der Waals surface area contributed by atoms with Crippen LogP contribution in [0, 0.1) is 6.92 Å². The standard InChI is InChI=1S/C32H30N4O3S/c1-21-20-40-31(33-21)19-30(38)22-2-9-27(10-3-22)36-17-12-24-18-25(6-11-29(24)36)34-32(39)23-4-7-26(8-5-23)35-15-13-28(37)14-16-35/h2-12,17-18,20,28,37H,13-16,19H2,1H3,(H,34,39). The summed E-state index contributed by atoms with van der Waals surface area (Å²) in [5.74, 6) is -0.104. The molecule has 8 heteroatoms. The fourth-order valence-corrected chi connectivity index (χ4v) is 5.90. The van der Waals surface area contributed by atoms with Crippen molar-refractivity contribution in [2.45, 2.75) is 32.3 Å². The van der Waals surface area contributed by atoms with Crippen LogP contribution in [0.2, 0.25) is 0 Å². The average Bonchev–Trinajstić information content (AvgIpc) is 3.59. The van der Waals surface area contributed by atoms with Crippen LogP contribution in [0.4, 0.5) is 11.4 Å². The van der Waals surface area contributed by atoms with Gasteiger partial charge in [-0.05, 0) is 92.6 Å². The van der Waals surface area contributed by atoms with E-state index in [2.05, 4.69) is 19.8 Å². The smallest absolute Gasteiger partial charge is 0.255 e. The van der Waals surface area contributed by atoms with E-state index in [0.717, 1.165) is 64.6 Å². The second kappa shape index (κ2) is 11.1. The van der Waals surface area contributed by atoms with Crippen molar-refractivity contribution in [1.82, 2.24) is 9.55 Å². The van der Waals surface area contributed by atoms with Crippen LogP contribution in [-0.2, 0) is 6.42 Å². The summed E-state index contributed by atoms with van der Waals surface area (Å²) in [5.41, 5.74) is 5.96. The van der Waals surface area contributed by atoms with E-state index in [1.165, 1.54) is 11.3 Å². The van der Waals surface area contributed by atoms with E-state index in [4.69, 9.17) is 0 Å². The van der Waals surface area contributed by atoms with Crippen LogP contribution in [0.5, 0.6) is 0 Å². The van der Waals surface area contributed by atoms with Crippen molar-refractivity contribution in [3.05, 3.63) is 106 Å². The zero-order chi connectivity index (χ0) is 27.6. The van der Waals surface area contributed by atoms with Gasteiger partial charge in [-0.1, -0.05) is 0 Å². The highest BCUT2D eigenvalue weighted by molar-refractivity contribution is 7.09. The van der Waals surface area contributed by atoms with Gasteiger partial charge in [0, 0.05) is 63.9 Å². The largest absolute Gasteiger partial charge is 0.393 e. The number of anilines is 2. The summed E-state index contributed by atoms with van der Waals surface area (Å²) < 4.78 is 2.07. The number of nitrogens with one attached hydrogen (secondary N) is 1. The van der Waals surface area contributed by atoms with Crippen LogP contribution in [0.3, 0.4) is 0 Å². The van der Waals surface area contributed by atoms with E-state index in [-0.39, 0.29) is 17.8 Å². The molecule has 0 saturated carbocycles. The van der Waals surface area contributed by atoms with Crippen molar-refractivity contribution in [3.8, 4) is 5.69 Å². The Labute approximate surface area is 236 Å². The third kappa shape index (κ3) is 5.54. The molecule has 202 valence electrons. The molecule has 1 aliphatic rings. The van der Waals surface area contributed by atoms with Gasteiger partial charge in [-0.15, -0.1) is 11.3 Å². The summed E-state index contributed by atoms with van der Waals surface area (Å²) >= 11 is 1.51. The number of nitrogens with zero attached hydrogens (tertiary/aromatic N) is 3. The highest BCUT2D eigenvalue weighted by atomic mass is 32.1. The highest BCUT2D eigenvalue weighted by Crippen LogP contribution is 2.26. The number of aliphatic hydroxyl groups excluding tert-OH is 1. The number of fused-ring (bicyclic) bond motifs is 1. The summed E-state index contributed by atoms with van der Waals surface area (Å²) in [6.07, 6.45) is 3.63. The van der Waals surface area contributed by atoms with Crippen LogP contribution in [0.25, 0.3) is 16.6 Å². The molecule has 0 aliphatic carbocycles. The zero-order valence-electron chi connectivity index (χ0n) is 22.2. The number of carbonyl (C=O) groups excluding carboxylic acids is 2. The number of hydrogen-bond donors (Lipinski definition) is 2. The number of aryl methyl sites for hydroxylation is 1. The van der Waals surface area contributed by atoms with Gasteiger partial charge in [-0.3, -0.25) is 9.59 Å². The van der Waals surface area contributed by atoms with Gasteiger partial charge in [-0.25, -0.2) is 4.98 Å². The Hall–Kier alpha value is -4.27. The Morgan fingerprint density at radius 2 is 1.65 bits per heavy atom. The van der Waals surface area contributed by atoms with Gasteiger partial charge >= 0.3 is 0 Å². The monoisotopic (exact) mass is 550 g/mol. The first kappa shape index (κ1) is 26.0. The lowest BCUT2D eigenvalue weighted by atomic mass is 10.1. The number of thiazole rings is 1. The lowest BCUT2D eigenvalue weighted by Crippen LogP contribution is -2.35. The van der Waals surface area contributed by atoms with E-state index < -0.39 is 0 Å². The minimum absolute atomic E-state index is 0.0552. The molecule has 1 aliphatic heterocycles. The first-order valence-corrected chi connectivity index (χ1v) is 14.3. The second-order valence-corrected chi connectivity index (χ2v) is 11.2. The van der Waals surface area contributed by atoms with Crippen LogP contribution in [-0.4, -0.2) is 45.5 Å². The second-order valence-electron chi connectivity index (χ2n) is 10.2. The Bertz CT molecular complexity index is 1660. The number of hydrogen-bond acceptors (Lipinski definition) is 6. The van der Waals surface area contributed by atoms with Gasteiger partial charge < -0.3 is 19.9 Å². The molecule has 1 saturated heterocycles. The molecule has 0 spiro atoms. The predicted octanol–water partition coefficient (Wildman–Crippen LogP) is 6.03. The Morgan fingerprint density at radius 3 is 2.35 bits per heavy atom. The van der Waals surface area contributed by atoms with Crippen LogP contribution in [0.1, 0.15) is 44.3 Å².